The molecule has 1 aliphatic carbocycles. The Morgan fingerprint density at radius 3 is 2.63 bits per heavy atom. The molecule has 0 radical (unpaired) electrons. The summed E-state index contributed by atoms with van der Waals surface area (Å²) >= 11 is 0. The van der Waals surface area contributed by atoms with E-state index in [0.29, 0.717) is 35.8 Å². The van der Waals surface area contributed by atoms with Crippen LogP contribution in [0.15, 0.2) is 24.3 Å². The normalized spacial score (nSPS) is 22.1. The second-order valence-corrected chi connectivity index (χ2v) is 6.89. The molecular weight excluding hydrogens is 348 g/mol. The number of hydrogen-bond acceptors (Lipinski definition) is 6. The molecule has 0 unspecified atom stereocenters. The van der Waals surface area contributed by atoms with E-state index in [1.54, 1.807) is 31.3 Å². The van der Waals surface area contributed by atoms with Gasteiger partial charge in [0.2, 0.25) is 0 Å². The van der Waals surface area contributed by atoms with Crippen molar-refractivity contribution in [2.75, 3.05) is 14.2 Å². The van der Waals surface area contributed by atoms with Crippen molar-refractivity contribution in [2.24, 2.45) is 5.92 Å². The van der Waals surface area contributed by atoms with E-state index in [2.05, 4.69) is 33.1 Å². The molecule has 0 aliphatic heterocycles. The van der Waals surface area contributed by atoms with Gasteiger partial charge in [0, 0.05) is 7.05 Å². The molecule has 2 amide bonds. The van der Waals surface area contributed by atoms with Gasteiger partial charge < -0.3 is 15.4 Å². The third-order valence-corrected chi connectivity index (χ3v) is 5.14. The van der Waals surface area contributed by atoms with E-state index >= 15 is 0 Å². The van der Waals surface area contributed by atoms with E-state index in [1.807, 2.05) is 0 Å². The number of aromatic nitrogens is 4. The quantitative estimate of drug-likeness (QED) is 0.792. The van der Waals surface area contributed by atoms with Gasteiger partial charge in [-0.25, -0.2) is 9.59 Å². The highest BCUT2D eigenvalue weighted by atomic mass is 16.5. The number of benzene rings is 1. The van der Waals surface area contributed by atoms with Gasteiger partial charge in [0.05, 0.1) is 18.4 Å². The second kappa shape index (κ2) is 7.73. The fourth-order valence-electron chi connectivity index (χ4n) is 3.53. The van der Waals surface area contributed by atoms with Crippen LogP contribution < -0.4 is 10.6 Å². The van der Waals surface area contributed by atoms with Gasteiger partial charge in [-0.05, 0) is 54.2 Å². The molecule has 1 fully saturated rings. The zero-order valence-electron chi connectivity index (χ0n) is 15.7. The number of nitrogens with one attached hydrogen (secondary N) is 2. The third-order valence-electron chi connectivity index (χ3n) is 5.14. The predicted molar refractivity (Wildman–Crippen MR) is 97.4 cm³/mol. The molecule has 0 bridgehead atoms. The number of amides is 2. The minimum absolute atomic E-state index is 0.291. The van der Waals surface area contributed by atoms with Crippen molar-refractivity contribution in [3.63, 3.8) is 0 Å². The minimum Gasteiger partial charge on any atom is -0.465 e. The Bertz CT molecular complexity index is 826. The van der Waals surface area contributed by atoms with E-state index in [4.69, 9.17) is 4.74 Å². The minimum atomic E-state index is -0.709. The van der Waals surface area contributed by atoms with Crippen molar-refractivity contribution in [1.29, 1.82) is 0 Å². The van der Waals surface area contributed by atoms with Crippen LogP contribution >= 0.6 is 0 Å². The Labute approximate surface area is 157 Å². The number of hydrogen-bond donors (Lipinski definition) is 2. The zero-order chi connectivity index (χ0) is 19.4. The van der Waals surface area contributed by atoms with Crippen molar-refractivity contribution >= 4 is 12.0 Å². The summed E-state index contributed by atoms with van der Waals surface area (Å²) in [6.45, 7) is 2.19. The summed E-state index contributed by atoms with van der Waals surface area (Å²) in [7, 11) is 2.90. The summed E-state index contributed by atoms with van der Waals surface area (Å²) in [5, 5.41) is 17.8. The van der Waals surface area contributed by atoms with E-state index in [-0.39, 0.29) is 6.03 Å². The molecule has 0 saturated heterocycles. The number of ether oxygens (including phenoxy) is 1. The first-order valence-electron chi connectivity index (χ1n) is 8.97. The summed E-state index contributed by atoms with van der Waals surface area (Å²) < 4.78 is 6.41. The van der Waals surface area contributed by atoms with Crippen LogP contribution in [0.25, 0.3) is 5.69 Å². The summed E-state index contributed by atoms with van der Waals surface area (Å²) in [5.41, 5.74) is 0.160. The molecule has 27 heavy (non-hydrogen) atoms. The van der Waals surface area contributed by atoms with E-state index in [9.17, 15) is 9.59 Å². The molecule has 1 aromatic carbocycles. The average Bonchev–Trinajstić information content (AvgIpc) is 3.19. The summed E-state index contributed by atoms with van der Waals surface area (Å²) in [6, 6.07) is 6.68. The topological polar surface area (TPSA) is 111 Å². The SMILES string of the molecule is CNC(=O)NC1(c2nnnn2-c2ccccc2C(=O)OC)CCC(C)CC1. The smallest absolute Gasteiger partial charge is 0.340 e. The maximum atomic E-state index is 12.2. The number of esters is 1. The molecule has 3 rings (SSSR count). The third kappa shape index (κ3) is 3.62. The monoisotopic (exact) mass is 372 g/mol. The fourth-order valence-corrected chi connectivity index (χ4v) is 3.53. The van der Waals surface area contributed by atoms with E-state index in [1.165, 1.54) is 11.8 Å². The maximum absolute atomic E-state index is 12.2. The van der Waals surface area contributed by atoms with Crippen LogP contribution in [-0.4, -0.2) is 46.4 Å². The Kier molecular flexibility index (Phi) is 5.38. The second-order valence-electron chi connectivity index (χ2n) is 6.89. The number of carbonyl (C=O) groups excluding carboxylic acids is 2. The molecule has 0 spiro atoms. The lowest BCUT2D eigenvalue weighted by molar-refractivity contribution is 0.0600. The number of urea groups is 1. The lowest BCUT2D eigenvalue weighted by Gasteiger charge is -2.38. The molecule has 0 atom stereocenters. The largest absolute Gasteiger partial charge is 0.465 e. The number of methoxy groups -OCH3 is 1. The zero-order valence-corrected chi connectivity index (χ0v) is 15.7. The van der Waals surface area contributed by atoms with Crippen LogP contribution in [0.2, 0.25) is 0 Å². The number of rotatable bonds is 4. The predicted octanol–water partition coefficient (Wildman–Crippen LogP) is 1.78. The summed E-state index contributed by atoms with van der Waals surface area (Å²) in [4.78, 5) is 24.3. The summed E-state index contributed by atoms with van der Waals surface area (Å²) in [5.74, 6) is 0.600. The fraction of sp³-hybridized carbons (Fsp3) is 0.500. The van der Waals surface area contributed by atoms with Crippen LogP contribution in [0.4, 0.5) is 4.79 Å². The Hall–Kier alpha value is -2.97. The number of carbonyl (C=O) groups is 2. The Morgan fingerprint density at radius 1 is 1.26 bits per heavy atom. The van der Waals surface area contributed by atoms with Gasteiger partial charge in [-0.2, -0.15) is 4.68 Å². The van der Waals surface area contributed by atoms with Crippen LogP contribution in [-0.2, 0) is 10.3 Å². The first-order chi connectivity index (χ1) is 13.0. The number of tetrazole rings is 1. The molecule has 144 valence electrons. The van der Waals surface area contributed by atoms with E-state index < -0.39 is 11.5 Å². The molecule has 2 aromatic rings. The maximum Gasteiger partial charge on any atom is 0.340 e. The molecule has 1 aromatic heterocycles. The van der Waals surface area contributed by atoms with Gasteiger partial charge >= 0.3 is 12.0 Å². The van der Waals surface area contributed by atoms with Crippen molar-refractivity contribution in [2.45, 2.75) is 38.1 Å². The van der Waals surface area contributed by atoms with E-state index in [0.717, 1.165) is 12.8 Å². The highest BCUT2D eigenvalue weighted by Crippen LogP contribution is 2.39. The van der Waals surface area contributed by atoms with Crippen molar-refractivity contribution in [3.05, 3.63) is 35.7 Å². The van der Waals surface area contributed by atoms with Crippen molar-refractivity contribution in [1.82, 2.24) is 30.8 Å². The van der Waals surface area contributed by atoms with Crippen LogP contribution in [0, 0.1) is 5.92 Å². The highest BCUT2D eigenvalue weighted by Gasteiger charge is 2.42. The van der Waals surface area contributed by atoms with Gasteiger partial charge in [-0.1, -0.05) is 19.1 Å². The molecule has 1 aliphatic rings. The van der Waals surface area contributed by atoms with Crippen LogP contribution in [0.3, 0.4) is 0 Å². The Morgan fingerprint density at radius 2 is 1.96 bits per heavy atom. The summed E-state index contributed by atoms with van der Waals surface area (Å²) in [6.07, 6.45) is 3.30. The van der Waals surface area contributed by atoms with Gasteiger partial charge in [0.1, 0.15) is 5.54 Å². The molecule has 2 N–H and O–H groups in total. The van der Waals surface area contributed by atoms with Crippen LogP contribution in [0.5, 0.6) is 0 Å². The first-order valence-corrected chi connectivity index (χ1v) is 8.97. The Balaban J connectivity index is 2.09. The highest BCUT2D eigenvalue weighted by molar-refractivity contribution is 5.93. The van der Waals surface area contributed by atoms with Crippen molar-refractivity contribution in [3.8, 4) is 5.69 Å². The van der Waals surface area contributed by atoms with Gasteiger partial charge in [-0.15, -0.1) is 5.10 Å². The molecule has 1 saturated carbocycles. The van der Waals surface area contributed by atoms with Gasteiger partial charge in [0.15, 0.2) is 5.82 Å². The van der Waals surface area contributed by atoms with Gasteiger partial charge in [-0.3, -0.25) is 0 Å². The lowest BCUT2D eigenvalue weighted by Crippen LogP contribution is -2.52. The first kappa shape index (κ1) is 18.8. The van der Waals surface area contributed by atoms with Crippen molar-refractivity contribution < 1.29 is 14.3 Å². The average molecular weight is 372 g/mol. The van der Waals surface area contributed by atoms with Crippen LogP contribution in [0.1, 0.15) is 48.8 Å². The molecule has 9 heteroatoms. The molecule has 9 nitrogen and oxygen atoms in total. The number of para-hydroxylation sites is 1. The molecular formula is C18H24N6O3. The van der Waals surface area contributed by atoms with Gasteiger partial charge in [0.25, 0.3) is 0 Å². The number of nitrogens with zero attached hydrogens (tertiary/aromatic N) is 4. The lowest BCUT2D eigenvalue weighted by atomic mass is 9.76. The standard InChI is InChI=1S/C18H24N6O3/c1-12-8-10-18(11-9-12,20-17(26)19-2)16-21-22-23-24(16)14-7-5-4-6-13(14)15(25)27-3/h4-7,12H,8-11H2,1-3H3,(H2,19,20,26). The molecule has 1 heterocycles.